The van der Waals surface area contributed by atoms with E-state index in [-0.39, 0.29) is 5.78 Å². The second-order valence-corrected chi connectivity index (χ2v) is 5.31. The van der Waals surface area contributed by atoms with Gasteiger partial charge in [0, 0.05) is 22.4 Å². The van der Waals surface area contributed by atoms with Gasteiger partial charge in [0.2, 0.25) is 0 Å². The van der Waals surface area contributed by atoms with Crippen LogP contribution in [0.3, 0.4) is 0 Å². The number of aromatic nitrogens is 2. The lowest BCUT2D eigenvalue weighted by Gasteiger charge is -2.01. The van der Waals surface area contributed by atoms with Crippen LogP contribution < -0.4 is 0 Å². The summed E-state index contributed by atoms with van der Waals surface area (Å²) < 4.78 is 0.937. The minimum atomic E-state index is 0.0398. The number of ketones is 1. The summed E-state index contributed by atoms with van der Waals surface area (Å²) in [5, 5.41) is 1.62. The summed E-state index contributed by atoms with van der Waals surface area (Å²) in [6.07, 6.45) is 3.37. The number of rotatable bonds is 3. The fourth-order valence-corrected chi connectivity index (χ4v) is 2.20. The van der Waals surface area contributed by atoms with Crippen LogP contribution in [0.2, 0.25) is 0 Å². The second-order valence-electron chi connectivity index (χ2n) is 3.36. The third kappa shape index (κ3) is 3.38. The molecule has 0 spiro atoms. The molecular formula is C12H9BrN2OS. The maximum Gasteiger partial charge on any atom is 0.159 e. The van der Waals surface area contributed by atoms with Crippen molar-refractivity contribution in [2.24, 2.45) is 0 Å². The van der Waals surface area contributed by atoms with Crippen LogP contribution in [0.1, 0.15) is 17.3 Å². The summed E-state index contributed by atoms with van der Waals surface area (Å²) >= 11 is 4.76. The van der Waals surface area contributed by atoms with Gasteiger partial charge >= 0.3 is 0 Å². The van der Waals surface area contributed by atoms with Crippen molar-refractivity contribution in [2.75, 3.05) is 0 Å². The topological polar surface area (TPSA) is 42.9 Å². The standard InChI is InChI=1S/C12H9BrN2OS/c1-8(16)9-4-5-14-12(6-9)17-11-3-2-10(13)7-15-11/h2-7H,1H3. The van der Waals surface area contributed by atoms with E-state index < -0.39 is 0 Å². The SMILES string of the molecule is CC(=O)c1ccnc(Sc2ccc(Br)cn2)c1. The van der Waals surface area contributed by atoms with Crippen LogP contribution in [0.4, 0.5) is 0 Å². The molecule has 5 heteroatoms. The molecule has 0 unspecified atom stereocenters. The lowest BCUT2D eigenvalue weighted by molar-refractivity contribution is 0.101. The van der Waals surface area contributed by atoms with Crippen LogP contribution in [-0.4, -0.2) is 15.8 Å². The van der Waals surface area contributed by atoms with E-state index in [1.54, 1.807) is 31.5 Å². The molecule has 0 N–H and O–H groups in total. The number of Topliss-reactive ketones (excluding diaryl/α,β-unsaturated/α-hetero) is 1. The predicted octanol–water partition coefficient (Wildman–Crippen LogP) is 3.59. The Hall–Kier alpha value is -1.20. The zero-order valence-corrected chi connectivity index (χ0v) is 11.5. The molecule has 0 saturated carbocycles. The first-order chi connectivity index (χ1) is 8.15. The van der Waals surface area contributed by atoms with E-state index in [2.05, 4.69) is 25.9 Å². The molecule has 0 amide bonds. The van der Waals surface area contributed by atoms with E-state index in [4.69, 9.17) is 0 Å². The molecule has 2 heterocycles. The van der Waals surface area contributed by atoms with Gasteiger partial charge in [-0.3, -0.25) is 4.79 Å². The van der Waals surface area contributed by atoms with E-state index in [1.807, 2.05) is 12.1 Å². The maximum absolute atomic E-state index is 11.2. The van der Waals surface area contributed by atoms with Crippen LogP contribution in [0, 0.1) is 0 Å². The van der Waals surface area contributed by atoms with Gasteiger partial charge in [0.05, 0.1) is 0 Å². The lowest BCUT2D eigenvalue weighted by atomic mass is 10.2. The van der Waals surface area contributed by atoms with Gasteiger partial charge in [-0.1, -0.05) is 11.8 Å². The average Bonchev–Trinajstić information content (AvgIpc) is 2.32. The molecule has 17 heavy (non-hydrogen) atoms. The van der Waals surface area contributed by atoms with Crippen LogP contribution >= 0.6 is 27.7 Å². The highest BCUT2D eigenvalue weighted by Gasteiger charge is 2.04. The third-order valence-electron chi connectivity index (χ3n) is 2.05. The van der Waals surface area contributed by atoms with Gasteiger partial charge in [0.15, 0.2) is 5.78 Å². The molecule has 0 saturated heterocycles. The normalized spacial score (nSPS) is 10.2. The number of hydrogen-bond donors (Lipinski definition) is 0. The molecule has 0 fully saturated rings. The van der Waals surface area contributed by atoms with Gasteiger partial charge in [-0.05, 0) is 47.1 Å². The molecule has 0 aliphatic rings. The van der Waals surface area contributed by atoms with Gasteiger partial charge in [-0.25, -0.2) is 9.97 Å². The molecular weight excluding hydrogens is 300 g/mol. The Balaban J connectivity index is 2.21. The van der Waals surface area contributed by atoms with Crippen molar-refractivity contribution >= 4 is 33.5 Å². The summed E-state index contributed by atoms with van der Waals surface area (Å²) in [5.41, 5.74) is 0.666. The third-order valence-corrected chi connectivity index (χ3v) is 3.40. The Kier molecular flexibility index (Phi) is 3.91. The zero-order chi connectivity index (χ0) is 12.3. The number of pyridine rings is 2. The lowest BCUT2D eigenvalue weighted by Crippen LogP contribution is -1.93. The molecule has 0 radical (unpaired) electrons. The zero-order valence-electron chi connectivity index (χ0n) is 9.05. The average molecular weight is 309 g/mol. The molecule has 2 aromatic rings. The Bertz CT molecular complexity index is 542. The maximum atomic E-state index is 11.2. The van der Waals surface area contributed by atoms with Crippen LogP contribution in [0.15, 0.2) is 51.2 Å². The van der Waals surface area contributed by atoms with Crippen molar-refractivity contribution in [3.63, 3.8) is 0 Å². The Morgan fingerprint density at radius 2 is 2.06 bits per heavy atom. The Morgan fingerprint density at radius 1 is 1.24 bits per heavy atom. The Labute approximate surface area is 112 Å². The highest BCUT2D eigenvalue weighted by atomic mass is 79.9. The van der Waals surface area contributed by atoms with Crippen molar-refractivity contribution in [1.82, 2.24) is 9.97 Å². The molecule has 0 aliphatic carbocycles. The van der Waals surface area contributed by atoms with Gasteiger partial charge in [0.25, 0.3) is 0 Å². The minimum Gasteiger partial charge on any atom is -0.295 e. The van der Waals surface area contributed by atoms with E-state index in [9.17, 15) is 4.79 Å². The number of carbonyl (C=O) groups is 1. The fourth-order valence-electron chi connectivity index (χ4n) is 1.21. The first-order valence-electron chi connectivity index (χ1n) is 4.91. The predicted molar refractivity (Wildman–Crippen MR) is 70.3 cm³/mol. The monoisotopic (exact) mass is 308 g/mol. The summed E-state index contributed by atoms with van der Waals surface area (Å²) in [7, 11) is 0. The summed E-state index contributed by atoms with van der Waals surface area (Å²) in [6, 6.07) is 7.30. The summed E-state index contributed by atoms with van der Waals surface area (Å²) in [6.45, 7) is 1.54. The minimum absolute atomic E-state index is 0.0398. The van der Waals surface area contributed by atoms with Gasteiger partial charge in [-0.15, -0.1) is 0 Å². The van der Waals surface area contributed by atoms with Crippen molar-refractivity contribution in [1.29, 1.82) is 0 Å². The van der Waals surface area contributed by atoms with Crippen molar-refractivity contribution in [3.8, 4) is 0 Å². The number of hydrogen-bond acceptors (Lipinski definition) is 4. The first kappa shape index (κ1) is 12.3. The molecule has 0 bridgehead atoms. The molecule has 0 aliphatic heterocycles. The fraction of sp³-hybridized carbons (Fsp3) is 0.0833. The van der Waals surface area contributed by atoms with Gasteiger partial charge < -0.3 is 0 Å². The van der Waals surface area contributed by atoms with E-state index in [0.29, 0.717) is 5.56 Å². The van der Waals surface area contributed by atoms with Crippen molar-refractivity contribution < 1.29 is 4.79 Å². The van der Waals surface area contributed by atoms with E-state index in [1.165, 1.54) is 11.8 Å². The number of nitrogens with zero attached hydrogens (tertiary/aromatic N) is 2. The van der Waals surface area contributed by atoms with Crippen LogP contribution in [-0.2, 0) is 0 Å². The van der Waals surface area contributed by atoms with Gasteiger partial charge in [0.1, 0.15) is 10.1 Å². The van der Waals surface area contributed by atoms with E-state index in [0.717, 1.165) is 14.5 Å². The van der Waals surface area contributed by atoms with E-state index >= 15 is 0 Å². The van der Waals surface area contributed by atoms with Gasteiger partial charge in [-0.2, -0.15) is 0 Å². The summed E-state index contributed by atoms with van der Waals surface area (Å²) in [4.78, 5) is 19.7. The molecule has 86 valence electrons. The quantitative estimate of drug-likeness (QED) is 0.813. The summed E-state index contributed by atoms with van der Waals surface area (Å²) in [5.74, 6) is 0.0398. The smallest absolute Gasteiger partial charge is 0.159 e. The first-order valence-corrected chi connectivity index (χ1v) is 6.52. The second kappa shape index (κ2) is 5.42. The van der Waals surface area contributed by atoms with Crippen LogP contribution in [0.25, 0.3) is 0 Å². The highest BCUT2D eigenvalue weighted by molar-refractivity contribution is 9.10. The molecule has 2 aromatic heterocycles. The number of halogens is 1. The van der Waals surface area contributed by atoms with Crippen molar-refractivity contribution in [3.05, 3.63) is 46.7 Å². The Morgan fingerprint density at radius 3 is 2.71 bits per heavy atom. The number of carbonyl (C=O) groups excluding carboxylic acids is 1. The highest BCUT2D eigenvalue weighted by Crippen LogP contribution is 2.25. The largest absolute Gasteiger partial charge is 0.295 e. The molecule has 0 atom stereocenters. The molecule has 3 nitrogen and oxygen atoms in total. The molecule has 2 rings (SSSR count). The van der Waals surface area contributed by atoms with Crippen LogP contribution in [0.5, 0.6) is 0 Å². The molecule has 0 aromatic carbocycles. The van der Waals surface area contributed by atoms with Crippen molar-refractivity contribution in [2.45, 2.75) is 17.0 Å².